The SMILES string of the molecule is COCOC1=CC=C[C@](C=O)(OCOC)C1. The number of hydrogen-bond acceptors (Lipinski definition) is 5. The van der Waals surface area contributed by atoms with Gasteiger partial charge in [0.1, 0.15) is 12.6 Å². The Morgan fingerprint density at radius 1 is 1.38 bits per heavy atom. The van der Waals surface area contributed by atoms with Crippen LogP contribution >= 0.6 is 0 Å². The minimum atomic E-state index is -0.992. The highest BCUT2D eigenvalue weighted by Crippen LogP contribution is 2.25. The third-order valence-corrected chi connectivity index (χ3v) is 2.12. The molecule has 0 aromatic carbocycles. The summed E-state index contributed by atoms with van der Waals surface area (Å²) < 4.78 is 20.2. The first kappa shape index (κ1) is 12.9. The van der Waals surface area contributed by atoms with Crippen LogP contribution in [0.15, 0.2) is 24.0 Å². The topological polar surface area (TPSA) is 54.0 Å². The summed E-state index contributed by atoms with van der Waals surface area (Å²) in [6.45, 7) is 0.208. The van der Waals surface area contributed by atoms with Gasteiger partial charge >= 0.3 is 0 Å². The molecule has 5 heteroatoms. The summed E-state index contributed by atoms with van der Waals surface area (Å²) in [5.41, 5.74) is -0.992. The van der Waals surface area contributed by atoms with Gasteiger partial charge in [-0.1, -0.05) is 6.08 Å². The van der Waals surface area contributed by atoms with Crippen LogP contribution in [0.2, 0.25) is 0 Å². The van der Waals surface area contributed by atoms with Crippen molar-refractivity contribution in [3.05, 3.63) is 24.0 Å². The monoisotopic (exact) mass is 228 g/mol. The van der Waals surface area contributed by atoms with Gasteiger partial charge in [-0.2, -0.15) is 0 Å². The second-order valence-corrected chi connectivity index (χ2v) is 3.34. The summed E-state index contributed by atoms with van der Waals surface area (Å²) in [7, 11) is 3.04. The van der Waals surface area contributed by atoms with Crippen molar-refractivity contribution in [2.24, 2.45) is 0 Å². The quantitative estimate of drug-likeness (QED) is 0.481. The van der Waals surface area contributed by atoms with E-state index in [4.69, 9.17) is 18.9 Å². The Balaban J connectivity index is 2.59. The van der Waals surface area contributed by atoms with Gasteiger partial charge in [-0.05, 0) is 12.2 Å². The average Bonchev–Trinajstić information content (AvgIpc) is 2.34. The first-order valence-corrected chi connectivity index (χ1v) is 4.85. The molecule has 0 bridgehead atoms. The molecule has 0 fully saturated rings. The van der Waals surface area contributed by atoms with Crippen molar-refractivity contribution in [2.75, 3.05) is 27.8 Å². The van der Waals surface area contributed by atoms with Crippen molar-refractivity contribution in [1.29, 1.82) is 0 Å². The lowest BCUT2D eigenvalue weighted by Crippen LogP contribution is -2.35. The van der Waals surface area contributed by atoms with Gasteiger partial charge in [0.15, 0.2) is 18.7 Å². The van der Waals surface area contributed by atoms with Gasteiger partial charge in [-0.3, -0.25) is 4.79 Å². The van der Waals surface area contributed by atoms with Gasteiger partial charge in [-0.25, -0.2) is 0 Å². The molecule has 0 heterocycles. The van der Waals surface area contributed by atoms with Crippen LogP contribution in [0, 0.1) is 0 Å². The molecule has 5 nitrogen and oxygen atoms in total. The highest BCUT2D eigenvalue weighted by atomic mass is 16.7. The molecule has 0 spiro atoms. The summed E-state index contributed by atoms with van der Waals surface area (Å²) >= 11 is 0. The van der Waals surface area contributed by atoms with Gasteiger partial charge < -0.3 is 18.9 Å². The fraction of sp³-hybridized carbons (Fsp3) is 0.545. The van der Waals surface area contributed by atoms with E-state index in [0.29, 0.717) is 12.2 Å². The van der Waals surface area contributed by atoms with E-state index in [1.165, 1.54) is 14.2 Å². The molecule has 0 aromatic heterocycles. The molecule has 1 aliphatic rings. The van der Waals surface area contributed by atoms with Gasteiger partial charge in [0.25, 0.3) is 0 Å². The van der Waals surface area contributed by atoms with Crippen LogP contribution in [-0.4, -0.2) is 39.7 Å². The smallest absolute Gasteiger partial charge is 0.188 e. The lowest BCUT2D eigenvalue weighted by molar-refractivity contribution is -0.143. The van der Waals surface area contributed by atoms with Gasteiger partial charge in [0.05, 0.1) is 0 Å². The van der Waals surface area contributed by atoms with Crippen molar-refractivity contribution in [2.45, 2.75) is 12.0 Å². The summed E-state index contributed by atoms with van der Waals surface area (Å²) in [5, 5.41) is 0. The van der Waals surface area contributed by atoms with Crippen LogP contribution in [0.25, 0.3) is 0 Å². The van der Waals surface area contributed by atoms with E-state index in [1.807, 2.05) is 0 Å². The van der Waals surface area contributed by atoms with Crippen molar-refractivity contribution >= 4 is 6.29 Å². The molecule has 0 saturated carbocycles. The number of carbonyl (C=O) groups is 1. The van der Waals surface area contributed by atoms with Gasteiger partial charge in [0, 0.05) is 20.6 Å². The minimum Gasteiger partial charge on any atom is -0.472 e. The predicted molar refractivity (Wildman–Crippen MR) is 56.6 cm³/mol. The van der Waals surface area contributed by atoms with Crippen LogP contribution in [0.4, 0.5) is 0 Å². The second kappa shape index (κ2) is 6.42. The zero-order chi connectivity index (χ0) is 11.9. The Bertz CT molecular complexity index is 284. The number of hydrogen-bond donors (Lipinski definition) is 0. The Hall–Kier alpha value is -1.17. The van der Waals surface area contributed by atoms with Crippen LogP contribution in [0.5, 0.6) is 0 Å². The van der Waals surface area contributed by atoms with E-state index in [1.54, 1.807) is 18.2 Å². The first-order chi connectivity index (χ1) is 7.76. The molecule has 0 N–H and O–H groups in total. The highest BCUT2D eigenvalue weighted by Gasteiger charge is 2.31. The molecule has 16 heavy (non-hydrogen) atoms. The number of allylic oxidation sites excluding steroid dienone is 2. The Kier molecular flexibility index (Phi) is 5.18. The van der Waals surface area contributed by atoms with E-state index in [2.05, 4.69) is 0 Å². The number of aldehydes is 1. The number of carbonyl (C=O) groups excluding carboxylic acids is 1. The van der Waals surface area contributed by atoms with Crippen molar-refractivity contribution in [3.8, 4) is 0 Å². The Morgan fingerprint density at radius 3 is 2.75 bits per heavy atom. The van der Waals surface area contributed by atoms with Crippen LogP contribution in [0.3, 0.4) is 0 Å². The predicted octanol–water partition coefficient (Wildman–Crippen LogP) is 1.01. The van der Waals surface area contributed by atoms with E-state index in [-0.39, 0.29) is 13.6 Å². The standard InChI is InChI=1S/C11H16O5/c1-13-8-15-10-4-3-5-11(6-10,7-12)16-9-14-2/h3-5,7H,6,8-9H2,1-2H3/t11-/m0/s1. The largest absolute Gasteiger partial charge is 0.472 e. The molecule has 1 rings (SSSR count). The molecule has 90 valence electrons. The van der Waals surface area contributed by atoms with Crippen molar-refractivity contribution < 1.29 is 23.7 Å². The van der Waals surface area contributed by atoms with Crippen LogP contribution in [-0.2, 0) is 23.7 Å². The molecule has 1 aliphatic carbocycles. The van der Waals surface area contributed by atoms with E-state index in [0.717, 1.165) is 6.29 Å². The second-order valence-electron chi connectivity index (χ2n) is 3.34. The maximum atomic E-state index is 11.1. The molecule has 0 unspecified atom stereocenters. The number of methoxy groups -OCH3 is 2. The number of rotatable bonds is 7. The Labute approximate surface area is 94.6 Å². The van der Waals surface area contributed by atoms with Crippen LogP contribution < -0.4 is 0 Å². The maximum Gasteiger partial charge on any atom is 0.188 e. The minimum absolute atomic E-state index is 0.0562. The average molecular weight is 228 g/mol. The maximum absolute atomic E-state index is 11.1. The lowest BCUT2D eigenvalue weighted by atomic mass is 9.95. The first-order valence-electron chi connectivity index (χ1n) is 4.85. The molecule has 0 radical (unpaired) electrons. The molecule has 0 aliphatic heterocycles. The molecule has 0 amide bonds. The fourth-order valence-corrected chi connectivity index (χ4v) is 1.32. The zero-order valence-corrected chi connectivity index (χ0v) is 9.47. The van der Waals surface area contributed by atoms with Crippen LogP contribution in [0.1, 0.15) is 6.42 Å². The summed E-state index contributed by atoms with van der Waals surface area (Å²) in [5.74, 6) is 0.646. The molecular weight excluding hydrogens is 212 g/mol. The summed E-state index contributed by atoms with van der Waals surface area (Å²) in [4.78, 5) is 11.1. The summed E-state index contributed by atoms with van der Waals surface area (Å²) in [6.07, 6.45) is 6.26. The highest BCUT2D eigenvalue weighted by molar-refractivity contribution is 5.67. The Morgan fingerprint density at radius 2 is 2.12 bits per heavy atom. The molecule has 1 atom stereocenters. The molecule has 0 aromatic rings. The fourth-order valence-electron chi connectivity index (χ4n) is 1.32. The molecule has 0 saturated heterocycles. The third-order valence-electron chi connectivity index (χ3n) is 2.12. The molecular formula is C11H16O5. The van der Waals surface area contributed by atoms with Gasteiger partial charge in [-0.15, -0.1) is 0 Å². The van der Waals surface area contributed by atoms with Gasteiger partial charge in [0.2, 0.25) is 0 Å². The third kappa shape index (κ3) is 3.44. The summed E-state index contributed by atoms with van der Waals surface area (Å²) in [6, 6.07) is 0. The zero-order valence-electron chi connectivity index (χ0n) is 9.47. The van der Waals surface area contributed by atoms with E-state index < -0.39 is 5.60 Å². The lowest BCUT2D eigenvalue weighted by Gasteiger charge is -2.27. The van der Waals surface area contributed by atoms with E-state index in [9.17, 15) is 4.79 Å². The van der Waals surface area contributed by atoms with E-state index >= 15 is 0 Å². The number of ether oxygens (including phenoxy) is 4. The van der Waals surface area contributed by atoms with Crippen molar-refractivity contribution in [1.82, 2.24) is 0 Å². The van der Waals surface area contributed by atoms with Crippen molar-refractivity contribution in [3.63, 3.8) is 0 Å². The normalized spacial score (nSPS) is 24.0.